The monoisotopic (exact) mass is 311 g/mol. The van der Waals surface area contributed by atoms with E-state index in [1.54, 1.807) is 24.3 Å². The van der Waals surface area contributed by atoms with Gasteiger partial charge in [0.15, 0.2) is 0 Å². The van der Waals surface area contributed by atoms with Gasteiger partial charge in [-0.1, -0.05) is 48.0 Å². The minimum atomic E-state index is -0.211. The molecule has 0 bridgehead atoms. The van der Waals surface area contributed by atoms with Crippen molar-refractivity contribution in [2.75, 3.05) is 6.54 Å². The zero-order valence-electron chi connectivity index (χ0n) is 11.8. The number of fused-ring (bicyclic) bond motifs is 1. The number of carbonyl (C=O) groups excluding carboxylic acids is 2. The Morgan fingerprint density at radius 1 is 0.955 bits per heavy atom. The van der Waals surface area contributed by atoms with Gasteiger partial charge in [0.2, 0.25) is 0 Å². The molecule has 0 spiro atoms. The lowest BCUT2D eigenvalue weighted by atomic mass is 10.1. The highest BCUT2D eigenvalue weighted by molar-refractivity contribution is 6.30. The van der Waals surface area contributed by atoms with Crippen LogP contribution in [0.4, 0.5) is 0 Å². The molecule has 0 radical (unpaired) electrons. The van der Waals surface area contributed by atoms with E-state index in [-0.39, 0.29) is 11.8 Å². The Balaban J connectivity index is 1.64. The van der Waals surface area contributed by atoms with Crippen LogP contribution in [0.3, 0.4) is 0 Å². The highest BCUT2D eigenvalue weighted by Crippen LogP contribution is 2.22. The van der Waals surface area contributed by atoms with Crippen molar-refractivity contribution in [3.63, 3.8) is 0 Å². The third-order valence-corrected chi connectivity index (χ3v) is 3.79. The smallest absolute Gasteiger partial charge is 0.261 e. The molecule has 0 fully saturated rings. The zero-order chi connectivity index (χ0) is 15.5. The van der Waals surface area contributed by atoms with E-state index in [0.29, 0.717) is 29.1 Å². The van der Waals surface area contributed by atoms with E-state index < -0.39 is 0 Å². The van der Waals surface area contributed by atoms with Gasteiger partial charge in [-0.3, -0.25) is 14.5 Å². The summed E-state index contributed by atoms with van der Waals surface area (Å²) in [5.41, 5.74) is 1.98. The second-order valence-electron chi connectivity index (χ2n) is 5.05. The lowest BCUT2D eigenvalue weighted by Crippen LogP contribution is -2.30. The molecule has 0 unspecified atom stereocenters. The summed E-state index contributed by atoms with van der Waals surface area (Å²) in [6, 6.07) is 14.4. The molecule has 0 saturated heterocycles. The first-order valence-electron chi connectivity index (χ1n) is 7.04. The van der Waals surface area contributed by atoms with E-state index in [0.717, 1.165) is 5.56 Å². The van der Waals surface area contributed by atoms with Crippen LogP contribution >= 0.6 is 11.6 Å². The topological polar surface area (TPSA) is 37.4 Å². The molecular formula is C18H14ClNO2. The molecule has 0 atom stereocenters. The van der Waals surface area contributed by atoms with Gasteiger partial charge in [-0.05, 0) is 36.2 Å². The minimum Gasteiger partial charge on any atom is -0.274 e. The molecule has 0 aromatic heterocycles. The second-order valence-corrected chi connectivity index (χ2v) is 5.49. The number of rotatable bonds is 4. The lowest BCUT2D eigenvalue weighted by molar-refractivity contribution is 0.0657. The molecule has 0 aliphatic carbocycles. The van der Waals surface area contributed by atoms with E-state index in [9.17, 15) is 9.59 Å². The third kappa shape index (κ3) is 2.81. The van der Waals surface area contributed by atoms with Gasteiger partial charge in [0, 0.05) is 11.6 Å². The first-order chi connectivity index (χ1) is 10.7. The van der Waals surface area contributed by atoms with Crippen molar-refractivity contribution in [3.8, 4) is 0 Å². The largest absolute Gasteiger partial charge is 0.274 e. The quantitative estimate of drug-likeness (QED) is 0.799. The van der Waals surface area contributed by atoms with Crippen LogP contribution in [0.2, 0.25) is 5.02 Å². The number of hydrogen-bond donors (Lipinski definition) is 0. The summed E-state index contributed by atoms with van der Waals surface area (Å²) < 4.78 is 0. The van der Waals surface area contributed by atoms with Crippen LogP contribution in [0.1, 0.15) is 32.7 Å². The van der Waals surface area contributed by atoms with Crippen molar-refractivity contribution >= 4 is 29.5 Å². The molecule has 2 aromatic rings. The normalized spacial score (nSPS) is 14.0. The van der Waals surface area contributed by atoms with Crippen molar-refractivity contribution in [2.45, 2.75) is 6.42 Å². The molecule has 1 aliphatic rings. The zero-order valence-corrected chi connectivity index (χ0v) is 12.6. The van der Waals surface area contributed by atoms with Crippen molar-refractivity contribution in [3.05, 3.63) is 76.3 Å². The number of hydrogen-bond acceptors (Lipinski definition) is 2. The van der Waals surface area contributed by atoms with Crippen LogP contribution in [0.5, 0.6) is 0 Å². The van der Waals surface area contributed by atoms with E-state index in [1.165, 1.54) is 4.90 Å². The summed E-state index contributed by atoms with van der Waals surface area (Å²) in [6.07, 6.45) is 4.48. The van der Waals surface area contributed by atoms with Gasteiger partial charge in [-0.2, -0.15) is 0 Å². The maximum Gasteiger partial charge on any atom is 0.261 e. The Kier molecular flexibility index (Phi) is 4.07. The average molecular weight is 312 g/mol. The van der Waals surface area contributed by atoms with Crippen molar-refractivity contribution in [1.82, 2.24) is 4.90 Å². The molecule has 3 nitrogen and oxygen atoms in total. The predicted molar refractivity (Wildman–Crippen MR) is 86.9 cm³/mol. The average Bonchev–Trinajstić information content (AvgIpc) is 2.77. The maximum atomic E-state index is 12.2. The molecule has 0 N–H and O–H groups in total. The number of imide groups is 1. The van der Waals surface area contributed by atoms with Crippen molar-refractivity contribution in [2.24, 2.45) is 0 Å². The summed E-state index contributed by atoms with van der Waals surface area (Å²) in [5, 5.41) is 0.683. The van der Waals surface area contributed by atoms with E-state index >= 15 is 0 Å². The SMILES string of the molecule is O=C1c2ccccc2C(=O)N1CCC=Cc1cccc(Cl)c1. The molecule has 0 saturated carbocycles. The van der Waals surface area contributed by atoms with Crippen LogP contribution in [-0.2, 0) is 0 Å². The molecule has 22 heavy (non-hydrogen) atoms. The highest BCUT2D eigenvalue weighted by Gasteiger charge is 2.34. The first-order valence-corrected chi connectivity index (χ1v) is 7.42. The van der Waals surface area contributed by atoms with Crippen LogP contribution < -0.4 is 0 Å². The molecule has 3 rings (SSSR count). The van der Waals surface area contributed by atoms with Gasteiger partial charge < -0.3 is 0 Å². The van der Waals surface area contributed by atoms with Gasteiger partial charge in [0.05, 0.1) is 11.1 Å². The minimum absolute atomic E-state index is 0.211. The second kappa shape index (κ2) is 6.16. The number of nitrogens with zero attached hydrogens (tertiary/aromatic N) is 1. The molecule has 1 aliphatic heterocycles. The van der Waals surface area contributed by atoms with E-state index in [4.69, 9.17) is 11.6 Å². The summed E-state index contributed by atoms with van der Waals surface area (Å²) >= 11 is 5.92. The summed E-state index contributed by atoms with van der Waals surface area (Å²) in [7, 11) is 0. The Hall–Kier alpha value is -2.39. The Morgan fingerprint density at radius 2 is 1.64 bits per heavy atom. The van der Waals surface area contributed by atoms with Gasteiger partial charge in [-0.25, -0.2) is 0 Å². The van der Waals surface area contributed by atoms with Gasteiger partial charge in [0.25, 0.3) is 11.8 Å². The highest BCUT2D eigenvalue weighted by atomic mass is 35.5. The number of halogens is 1. The van der Waals surface area contributed by atoms with Crippen molar-refractivity contribution in [1.29, 1.82) is 0 Å². The van der Waals surface area contributed by atoms with Crippen LogP contribution in [0, 0.1) is 0 Å². The van der Waals surface area contributed by atoms with E-state index in [2.05, 4.69) is 0 Å². The van der Waals surface area contributed by atoms with Crippen LogP contribution in [0.15, 0.2) is 54.6 Å². The number of carbonyl (C=O) groups is 2. The maximum absolute atomic E-state index is 12.2. The fourth-order valence-corrected chi connectivity index (χ4v) is 2.67. The predicted octanol–water partition coefficient (Wildman–Crippen LogP) is 4.04. The molecule has 2 amide bonds. The van der Waals surface area contributed by atoms with Crippen LogP contribution in [-0.4, -0.2) is 23.3 Å². The molecule has 2 aromatic carbocycles. The summed E-state index contributed by atoms with van der Waals surface area (Å²) in [4.78, 5) is 25.7. The summed E-state index contributed by atoms with van der Waals surface area (Å²) in [5.74, 6) is -0.423. The van der Waals surface area contributed by atoms with Gasteiger partial charge in [0.1, 0.15) is 0 Å². The van der Waals surface area contributed by atoms with Crippen LogP contribution in [0.25, 0.3) is 6.08 Å². The lowest BCUT2D eigenvalue weighted by Gasteiger charge is -2.11. The van der Waals surface area contributed by atoms with Gasteiger partial charge >= 0.3 is 0 Å². The fraction of sp³-hybridized carbons (Fsp3) is 0.111. The number of amides is 2. The standard InChI is InChI=1S/C18H14ClNO2/c19-14-8-5-7-13(12-14)6-3-4-11-20-17(21)15-9-1-2-10-16(15)18(20)22/h1-3,5-10,12H,4,11H2. The third-order valence-electron chi connectivity index (χ3n) is 3.56. The van der Waals surface area contributed by atoms with Gasteiger partial charge in [-0.15, -0.1) is 0 Å². The number of benzene rings is 2. The molecular weight excluding hydrogens is 298 g/mol. The Bertz CT molecular complexity index is 732. The Morgan fingerprint density at radius 3 is 2.27 bits per heavy atom. The first kappa shape index (κ1) is 14.5. The summed E-state index contributed by atoms with van der Waals surface area (Å²) in [6.45, 7) is 0.378. The molecule has 4 heteroatoms. The molecule has 1 heterocycles. The van der Waals surface area contributed by atoms with Crippen molar-refractivity contribution < 1.29 is 9.59 Å². The van der Waals surface area contributed by atoms with E-state index in [1.807, 2.05) is 36.4 Å². The fourth-order valence-electron chi connectivity index (χ4n) is 2.48. The molecule has 110 valence electrons. The Labute approximate surface area is 133 Å².